The molecular formula is C12H19N. The van der Waals surface area contributed by atoms with Crippen molar-refractivity contribution < 1.29 is 0 Å². The largest absolute Gasteiger partial charge is 0.402 e. The molecule has 2 rings (SSSR count). The lowest BCUT2D eigenvalue weighted by Gasteiger charge is -2.40. The molecule has 0 heterocycles. The maximum atomic E-state index is 5.98. The van der Waals surface area contributed by atoms with Crippen molar-refractivity contribution in [3.63, 3.8) is 0 Å². The zero-order chi connectivity index (χ0) is 9.47. The smallest absolute Gasteiger partial charge is 0.0113 e. The molecule has 1 nitrogen and oxygen atoms in total. The fraction of sp³-hybridized carbons (Fsp3) is 0.667. The number of hydrogen-bond donors (Lipinski definition) is 1. The Morgan fingerprint density at radius 1 is 1.38 bits per heavy atom. The lowest BCUT2D eigenvalue weighted by atomic mass is 9.65. The highest BCUT2D eigenvalue weighted by Gasteiger charge is 2.34. The molecule has 1 atom stereocenters. The Morgan fingerprint density at radius 2 is 2.15 bits per heavy atom. The third-order valence-electron chi connectivity index (χ3n) is 3.76. The van der Waals surface area contributed by atoms with Crippen molar-refractivity contribution in [2.24, 2.45) is 11.1 Å². The van der Waals surface area contributed by atoms with Crippen molar-refractivity contribution in [2.75, 3.05) is 0 Å². The molecule has 72 valence electrons. The average Bonchev–Trinajstić information content (AvgIpc) is 2.12. The van der Waals surface area contributed by atoms with Crippen LogP contribution in [0.1, 0.15) is 46.0 Å². The fourth-order valence-electron chi connectivity index (χ4n) is 2.76. The van der Waals surface area contributed by atoms with E-state index in [9.17, 15) is 0 Å². The summed E-state index contributed by atoms with van der Waals surface area (Å²) >= 11 is 0. The van der Waals surface area contributed by atoms with Crippen LogP contribution in [0.25, 0.3) is 0 Å². The number of allylic oxidation sites excluding steroid dienone is 4. The van der Waals surface area contributed by atoms with Gasteiger partial charge in [-0.1, -0.05) is 13.0 Å². The van der Waals surface area contributed by atoms with Crippen molar-refractivity contribution in [1.82, 2.24) is 0 Å². The van der Waals surface area contributed by atoms with Crippen LogP contribution in [0.3, 0.4) is 0 Å². The number of hydrogen-bond acceptors (Lipinski definition) is 1. The van der Waals surface area contributed by atoms with Gasteiger partial charge >= 0.3 is 0 Å². The average molecular weight is 177 g/mol. The van der Waals surface area contributed by atoms with Crippen LogP contribution in [0.15, 0.2) is 22.9 Å². The third-order valence-corrected chi connectivity index (χ3v) is 3.76. The highest BCUT2D eigenvalue weighted by atomic mass is 14.6. The molecule has 0 saturated heterocycles. The van der Waals surface area contributed by atoms with Gasteiger partial charge in [0.2, 0.25) is 0 Å². The molecule has 2 aliphatic carbocycles. The monoisotopic (exact) mass is 177 g/mol. The zero-order valence-electron chi connectivity index (χ0n) is 8.69. The molecule has 2 N–H and O–H groups in total. The van der Waals surface area contributed by atoms with E-state index in [1.165, 1.54) is 31.3 Å². The quantitative estimate of drug-likeness (QED) is 0.604. The lowest BCUT2D eigenvalue weighted by Crippen LogP contribution is -2.28. The maximum absolute atomic E-state index is 5.98. The molecule has 2 aliphatic rings. The van der Waals surface area contributed by atoms with E-state index in [-0.39, 0.29) is 0 Å². The number of fused-ring (bicyclic) bond motifs is 1. The van der Waals surface area contributed by atoms with E-state index in [2.05, 4.69) is 19.9 Å². The summed E-state index contributed by atoms with van der Waals surface area (Å²) in [6, 6.07) is 0. The van der Waals surface area contributed by atoms with Crippen LogP contribution < -0.4 is 5.73 Å². The zero-order valence-corrected chi connectivity index (χ0v) is 8.69. The predicted octanol–water partition coefficient (Wildman–Crippen LogP) is 3.13. The maximum Gasteiger partial charge on any atom is 0.0113 e. The molecule has 0 aromatic carbocycles. The van der Waals surface area contributed by atoms with Crippen molar-refractivity contribution in [3.05, 3.63) is 22.9 Å². The summed E-state index contributed by atoms with van der Waals surface area (Å²) in [6.45, 7) is 4.58. The molecule has 13 heavy (non-hydrogen) atoms. The Kier molecular flexibility index (Phi) is 1.98. The molecule has 0 spiro atoms. The minimum Gasteiger partial charge on any atom is -0.402 e. The van der Waals surface area contributed by atoms with Crippen molar-refractivity contribution in [1.29, 1.82) is 0 Å². The van der Waals surface area contributed by atoms with E-state index in [1.807, 2.05) is 0 Å². The Hall–Kier alpha value is -0.720. The van der Waals surface area contributed by atoms with Crippen LogP contribution >= 0.6 is 0 Å². The van der Waals surface area contributed by atoms with Gasteiger partial charge in [-0.3, -0.25) is 0 Å². The first-order chi connectivity index (χ1) is 6.13. The van der Waals surface area contributed by atoms with E-state index < -0.39 is 0 Å². The highest BCUT2D eigenvalue weighted by Crippen LogP contribution is 2.48. The molecule has 0 aromatic rings. The second-order valence-corrected chi connectivity index (χ2v) is 4.72. The second kappa shape index (κ2) is 2.90. The summed E-state index contributed by atoms with van der Waals surface area (Å²) in [6.07, 6.45) is 8.71. The summed E-state index contributed by atoms with van der Waals surface area (Å²) in [4.78, 5) is 0. The van der Waals surface area contributed by atoms with Gasteiger partial charge in [0.15, 0.2) is 0 Å². The lowest BCUT2D eigenvalue weighted by molar-refractivity contribution is 0.304. The number of rotatable bonds is 0. The fourth-order valence-corrected chi connectivity index (χ4v) is 2.76. The molecule has 0 aromatic heterocycles. The van der Waals surface area contributed by atoms with Crippen LogP contribution in [0.2, 0.25) is 0 Å². The molecule has 0 aliphatic heterocycles. The van der Waals surface area contributed by atoms with Crippen molar-refractivity contribution >= 4 is 0 Å². The first-order valence-electron chi connectivity index (χ1n) is 5.30. The van der Waals surface area contributed by atoms with E-state index in [0.29, 0.717) is 5.41 Å². The Morgan fingerprint density at radius 3 is 2.92 bits per heavy atom. The topological polar surface area (TPSA) is 26.0 Å². The molecule has 0 bridgehead atoms. The Balaban J connectivity index is 2.44. The third kappa shape index (κ3) is 1.31. The van der Waals surface area contributed by atoms with E-state index in [4.69, 9.17) is 5.73 Å². The van der Waals surface area contributed by atoms with Gasteiger partial charge < -0.3 is 5.73 Å². The van der Waals surface area contributed by atoms with E-state index >= 15 is 0 Å². The summed E-state index contributed by atoms with van der Waals surface area (Å²) in [5, 5.41) is 0. The molecule has 1 unspecified atom stereocenters. The molecule has 0 amide bonds. The number of nitrogens with two attached hydrogens (primary N) is 1. The molecular weight excluding hydrogens is 158 g/mol. The standard InChI is InChI=1S/C12H19N/c1-9-10-5-3-4-7-12(10,2)8-6-11(9)13/h5H,3-4,6-8,13H2,1-2H3. The first-order valence-corrected chi connectivity index (χ1v) is 5.30. The Bertz CT molecular complexity index is 285. The molecule has 0 saturated carbocycles. The SMILES string of the molecule is CC1=C(N)CCC2(C)CCCC=C12. The van der Waals surface area contributed by atoms with Crippen LogP contribution in [0.5, 0.6) is 0 Å². The van der Waals surface area contributed by atoms with Crippen molar-refractivity contribution in [3.8, 4) is 0 Å². The van der Waals surface area contributed by atoms with Gasteiger partial charge in [-0.05, 0) is 55.6 Å². The van der Waals surface area contributed by atoms with Crippen molar-refractivity contribution in [2.45, 2.75) is 46.0 Å². The van der Waals surface area contributed by atoms with Crippen LogP contribution in [0, 0.1) is 5.41 Å². The van der Waals surface area contributed by atoms with Gasteiger partial charge in [-0.15, -0.1) is 0 Å². The second-order valence-electron chi connectivity index (χ2n) is 4.72. The van der Waals surface area contributed by atoms with E-state index in [1.54, 1.807) is 5.57 Å². The van der Waals surface area contributed by atoms with Gasteiger partial charge in [0.05, 0.1) is 0 Å². The normalized spacial score (nSPS) is 34.2. The molecule has 1 heteroatoms. The minimum atomic E-state index is 0.450. The minimum absolute atomic E-state index is 0.450. The molecule has 0 radical (unpaired) electrons. The summed E-state index contributed by atoms with van der Waals surface area (Å²) < 4.78 is 0. The summed E-state index contributed by atoms with van der Waals surface area (Å²) in [5.41, 5.74) is 10.5. The predicted molar refractivity (Wildman–Crippen MR) is 56.2 cm³/mol. The van der Waals surface area contributed by atoms with Gasteiger partial charge in [0.25, 0.3) is 0 Å². The highest BCUT2D eigenvalue weighted by molar-refractivity contribution is 5.41. The van der Waals surface area contributed by atoms with Gasteiger partial charge in [0.1, 0.15) is 0 Å². The summed E-state index contributed by atoms with van der Waals surface area (Å²) in [7, 11) is 0. The van der Waals surface area contributed by atoms with Crippen LogP contribution in [-0.4, -0.2) is 0 Å². The van der Waals surface area contributed by atoms with E-state index in [0.717, 1.165) is 12.1 Å². The van der Waals surface area contributed by atoms with Gasteiger partial charge in [-0.25, -0.2) is 0 Å². The first kappa shape index (κ1) is 8.86. The summed E-state index contributed by atoms with van der Waals surface area (Å²) in [5.74, 6) is 0. The van der Waals surface area contributed by atoms with Gasteiger partial charge in [0, 0.05) is 5.70 Å². The molecule has 0 fully saturated rings. The van der Waals surface area contributed by atoms with Crippen LogP contribution in [0.4, 0.5) is 0 Å². The van der Waals surface area contributed by atoms with Crippen LogP contribution in [-0.2, 0) is 0 Å². The Labute approximate surface area is 80.7 Å². The van der Waals surface area contributed by atoms with Gasteiger partial charge in [-0.2, -0.15) is 0 Å².